The van der Waals surface area contributed by atoms with E-state index in [9.17, 15) is 22.8 Å². The molecule has 0 aliphatic carbocycles. The van der Waals surface area contributed by atoms with Crippen LogP contribution in [0.15, 0.2) is 40.2 Å². The minimum atomic E-state index is -3.37. The van der Waals surface area contributed by atoms with E-state index in [0.29, 0.717) is 41.9 Å². The molecule has 11 nitrogen and oxygen atoms in total. The number of hydrogen-bond acceptors (Lipinski definition) is 6. The fourth-order valence-electron chi connectivity index (χ4n) is 3.32. The molecule has 0 spiro atoms. The second-order valence-electron chi connectivity index (χ2n) is 7.47. The molecule has 12 heteroatoms. The summed E-state index contributed by atoms with van der Waals surface area (Å²) in [5.74, 6) is -0.172. The van der Waals surface area contributed by atoms with Gasteiger partial charge in [-0.25, -0.2) is 18.2 Å². The van der Waals surface area contributed by atoms with E-state index in [1.54, 1.807) is 42.8 Å². The Balaban J connectivity index is 1.58. The van der Waals surface area contributed by atoms with Crippen LogP contribution in [0.4, 0.5) is 11.4 Å². The molecule has 172 valence electrons. The van der Waals surface area contributed by atoms with Crippen LogP contribution in [0, 0.1) is 0 Å². The maximum Gasteiger partial charge on any atom is 0.332 e. The van der Waals surface area contributed by atoms with E-state index in [1.807, 2.05) is 0 Å². The molecule has 0 fully saturated rings. The molecule has 2 aromatic heterocycles. The highest BCUT2D eigenvalue weighted by molar-refractivity contribution is 7.92. The van der Waals surface area contributed by atoms with Crippen molar-refractivity contribution in [1.82, 2.24) is 18.7 Å². The standard InChI is InChI=1S/C20H26N6O5S/c1-4-12-32(30,31)23-15-9-7-14(8-10-15)22-16(27)6-5-11-26-13-21-18-17(26)19(28)25(3)20(29)24(18)2/h7-10,13,23H,4-6,11-12H2,1-3H3,(H,22,27). The van der Waals surface area contributed by atoms with Crippen LogP contribution in [0.2, 0.25) is 0 Å². The molecule has 1 aromatic carbocycles. The predicted molar refractivity (Wildman–Crippen MR) is 122 cm³/mol. The largest absolute Gasteiger partial charge is 0.332 e. The van der Waals surface area contributed by atoms with Crippen LogP contribution in [0.5, 0.6) is 0 Å². The van der Waals surface area contributed by atoms with E-state index in [1.165, 1.54) is 17.9 Å². The van der Waals surface area contributed by atoms with Crippen LogP contribution in [-0.4, -0.2) is 38.8 Å². The highest BCUT2D eigenvalue weighted by Gasteiger charge is 2.14. The van der Waals surface area contributed by atoms with Gasteiger partial charge in [0.25, 0.3) is 5.56 Å². The Morgan fingerprint density at radius 3 is 2.38 bits per heavy atom. The number of sulfonamides is 1. The van der Waals surface area contributed by atoms with Crippen molar-refractivity contribution < 1.29 is 13.2 Å². The van der Waals surface area contributed by atoms with Gasteiger partial charge in [-0.3, -0.25) is 23.4 Å². The summed E-state index contributed by atoms with van der Waals surface area (Å²) in [5.41, 5.74) is 0.717. The molecule has 0 bridgehead atoms. The average molecular weight is 463 g/mol. The molecule has 2 heterocycles. The zero-order valence-electron chi connectivity index (χ0n) is 18.2. The Morgan fingerprint density at radius 2 is 1.72 bits per heavy atom. The van der Waals surface area contributed by atoms with Crippen LogP contribution in [-0.2, 0) is 35.5 Å². The molecular formula is C20H26N6O5S. The smallest absolute Gasteiger partial charge is 0.326 e. The number of carbonyl (C=O) groups excluding carboxylic acids is 1. The lowest BCUT2D eigenvalue weighted by atomic mass is 10.2. The number of nitrogens with zero attached hydrogens (tertiary/aromatic N) is 4. The topological polar surface area (TPSA) is 137 Å². The van der Waals surface area contributed by atoms with Crippen molar-refractivity contribution in [3.8, 4) is 0 Å². The number of nitrogens with one attached hydrogen (secondary N) is 2. The van der Waals surface area contributed by atoms with Crippen molar-refractivity contribution in [2.45, 2.75) is 32.7 Å². The number of aryl methyl sites for hydroxylation is 2. The lowest BCUT2D eigenvalue weighted by Crippen LogP contribution is -2.37. The van der Waals surface area contributed by atoms with Gasteiger partial charge in [0, 0.05) is 38.4 Å². The Labute approximate surface area is 184 Å². The minimum Gasteiger partial charge on any atom is -0.326 e. The third-order valence-electron chi connectivity index (χ3n) is 4.93. The molecule has 0 saturated carbocycles. The summed E-state index contributed by atoms with van der Waals surface area (Å²) in [4.78, 5) is 40.9. The molecule has 32 heavy (non-hydrogen) atoms. The predicted octanol–water partition coefficient (Wildman–Crippen LogP) is 1.00. The first-order valence-electron chi connectivity index (χ1n) is 10.1. The van der Waals surface area contributed by atoms with Gasteiger partial charge in [-0.05, 0) is 37.1 Å². The Hall–Kier alpha value is -3.41. The van der Waals surface area contributed by atoms with Crippen molar-refractivity contribution in [2.75, 3.05) is 15.8 Å². The number of fused-ring (bicyclic) bond motifs is 1. The summed E-state index contributed by atoms with van der Waals surface area (Å²) >= 11 is 0. The van der Waals surface area contributed by atoms with E-state index < -0.39 is 21.3 Å². The highest BCUT2D eigenvalue weighted by Crippen LogP contribution is 2.16. The lowest BCUT2D eigenvalue weighted by Gasteiger charge is -2.09. The normalized spacial score (nSPS) is 11.6. The summed E-state index contributed by atoms with van der Waals surface area (Å²) in [6.07, 6.45) is 2.67. The van der Waals surface area contributed by atoms with Gasteiger partial charge in [0.15, 0.2) is 11.2 Å². The van der Waals surface area contributed by atoms with Gasteiger partial charge in [-0.15, -0.1) is 0 Å². The van der Waals surface area contributed by atoms with Crippen molar-refractivity contribution in [1.29, 1.82) is 0 Å². The van der Waals surface area contributed by atoms with Crippen molar-refractivity contribution in [2.24, 2.45) is 14.1 Å². The molecule has 3 rings (SSSR count). The zero-order chi connectivity index (χ0) is 23.5. The second kappa shape index (κ2) is 9.39. The maximum absolute atomic E-state index is 12.4. The minimum absolute atomic E-state index is 0.0418. The molecule has 2 N–H and O–H groups in total. The molecule has 0 aliphatic heterocycles. The Bertz CT molecular complexity index is 1350. The van der Waals surface area contributed by atoms with Crippen LogP contribution in [0.1, 0.15) is 26.2 Å². The van der Waals surface area contributed by atoms with Gasteiger partial charge in [-0.2, -0.15) is 0 Å². The fraction of sp³-hybridized carbons (Fsp3) is 0.400. The highest BCUT2D eigenvalue weighted by atomic mass is 32.2. The number of aromatic nitrogens is 4. The second-order valence-corrected chi connectivity index (χ2v) is 9.31. The van der Waals surface area contributed by atoms with E-state index in [0.717, 1.165) is 4.57 Å². The third kappa shape index (κ3) is 5.07. The first kappa shape index (κ1) is 23.3. The van der Waals surface area contributed by atoms with Gasteiger partial charge < -0.3 is 9.88 Å². The molecule has 0 saturated heterocycles. The van der Waals surface area contributed by atoms with Gasteiger partial charge in [0.1, 0.15) is 0 Å². The maximum atomic E-state index is 12.4. The molecule has 0 radical (unpaired) electrons. The Kier molecular flexibility index (Phi) is 6.82. The number of hydrogen-bond donors (Lipinski definition) is 2. The molecule has 0 aliphatic rings. The van der Waals surface area contributed by atoms with E-state index in [2.05, 4.69) is 15.0 Å². The van der Waals surface area contributed by atoms with Gasteiger partial charge >= 0.3 is 5.69 Å². The lowest BCUT2D eigenvalue weighted by molar-refractivity contribution is -0.116. The zero-order valence-corrected chi connectivity index (χ0v) is 19.0. The first-order chi connectivity index (χ1) is 15.1. The van der Waals surface area contributed by atoms with Crippen LogP contribution in [0.3, 0.4) is 0 Å². The number of imidazole rings is 1. The molecular weight excluding hydrogens is 436 g/mol. The molecule has 1 amide bonds. The molecule has 3 aromatic rings. The Morgan fingerprint density at radius 1 is 1.06 bits per heavy atom. The summed E-state index contributed by atoms with van der Waals surface area (Å²) < 4.78 is 30.1. The molecule has 0 unspecified atom stereocenters. The van der Waals surface area contributed by atoms with E-state index in [-0.39, 0.29) is 18.1 Å². The monoisotopic (exact) mass is 462 g/mol. The number of amides is 1. The summed E-state index contributed by atoms with van der Waals surface area (Å²) in [6, 6.07) is 6.41. The van der Waals surface area contributed by atoms with Crippen LogP contribution < -0.4 is 21.3 Å². The van der Waals surface area contributed by atoms with Gasteiger partial charge in [0.2, 0.25) is 15.9 Å². The summed E-state index contributed by atoms with van der Waals surface area (Å²) in [5, 5.41) is 2.76. The SMILES string of the molecule is CCCS(=O)(=O)Nc1ccc(NC(=O)CCCn2cnc3c2c(=O)n(C)c(=O)n3C)cc1. The summed E-state index contributed by atoms with van der Waals surface area (Å²) in [6.45, 7) is 2.17. The quantitative estimate of drug-likeness (QED) is 0.487. The fourth-order valence-corrected chi connectivity index (χ4v) is 4.46. The van der Waals surface area contributed by atoms with E-state index >= 15 is 0 Å². The van der Waals surface area contributed by atoms with Crippen LogP contribution >= 0.6 is 0 Å². The van der Waals surface area contributed by atoms with Crippen molar-refractivity contribution >= 4 is 38.5 Å². The van der Waals surface area contributed by atoms with Gasteiger partial charge in [0.05, 0.1) is 12.1 Å². The number of anilines is 2. The van der Waals surface area contributed by atoms with Crippen molar-refractivity contribution in [3.05, 3.63) is 51.4 Å². The van der Waals surface area contributed by atoms with Gasteiger partial charge in [-0.1, -0.05) is 6.92 Å². The third-order valence-corrected chi connectivity index (χ3v) is 6.43. The number of rotatable bonds is 9. The van der Waals surface area contributed by atoms with Crippen LogP contribution in [0.25, 0.3) is 11.2 Å². The first-order valence-corrected chi connectivity index (χ1v) is 11.8. The molecule has 0 atom stereocenters. The number of carbonyl (C=O) groups is 1. The summed E-state index contributed by atoms with van der Waals surface area (Å²) in [7, 11) is -0.406. The average Bonchev–Trinajstić information content (AvgIpc) is 3.16. The van der Waals surface area contributed by atoms with E-state index in [4.69, 9.17) is 0 Å². The number of benzene rings is 1. The van der Waals surface area contributed by atoms with Crippen molar-refractivity contribution in [3.63, 3.8) is 0 Å².